The molecule has 1 rings (SSSR count). The van der Waals surface area contributed by atoms with Gasteiger partial charge in [-0.1, -0.05) is 37.3 Å². The van der Waals surface area contributed by atoms with E-state index in [-0.39, 0.29) is 24.1 Å². The van der Waals surface area contributed by atoms with Gasteiger partial charge in [-0.3, -0.25) is 4.79 Å². The predicted octanol–water partition coefficient (Wildman–Crippen LogP) is 4.71. The molecule has 0 bridgehead atoms. The monoisotopic (exact) mass is 374 g/mol. The number of allylic oxidation sites excluding steroid dienone is 2. The van der Waals surface area contributed by atoms with Crippen LogP contribution in [0.3, 0.4) is 0 Å². The van der Waals surface area contributed by atoms with Crippen LogP contribution >= 0.6 is 0 Å². The van der Waals surface area contributed by atoms with E-state index in [0.29, 0.717) is 0 Å². The van der Waals surface area contributed by atoms with Crippen molar-refractivity contribution in [3.63, 3.8) is 0 Å². The predicted molar refractivity (Wildman–Crippen MR) is 106 cm³/mol. The summed E-state index contributed by atoms with van der Waals surface area (Å²) in [4.78, 5) is 22.8. The van der Waals surface area contributed by atoms with Gasteiger partial charge in [0.25, 0.3) is 0 Å². The molecule has 0 aliphatic heterocycles. The highest BCUT2D eigenvalue weighted by Crippen LogP contribution is 2.13. The Labute approximate surface area is 162 Å². The first kappa shape index (κ1) is 22.5. The number of benzene rings is 1. The lowest BCUT2D eigenvalue weighted by molar-refractivity contribution is -0.146. The van der Waals surface area contributed by atoms with Crippen LogP contribution in [0.1, 0.15) is 52.0 Å². The van der Waals surface area contributed by atoms with Crippen molar-refractivity contribution < 1.29 is 23.8 Å². The summed E-state index contributed by atoms with van der Waals surface area (Å²) >= 11 is 0. The van der Waals surface area contributed by atoms with Crippen molar-refractivity contribution >= 4 is 18.0 Å². The number of esters is 2. The molecular formula is C22H30O5. The lowest BCUT2D eigenvalue weighted by Gasteiger charge is -2.16. The number of hydrogen-bond donors (Lipinski definition) is 0. The van der Waals surface area contributed by atoms with Crippen molar-refractivity contribution in [2.24, 2.45) is 0 Å². The first-order valence-corrected chi connectivity index (χ1v) is 9.31. The van der Waals surface area contributed by atoms with E-state index in [1.165, 1.54) is 13.0 Å². The molecule has 0 fully saturated rings. The molecule has 0 N–H and O–H groups in total. The fraction of sp³-hybridized carbons (Fsp3) is 0.455. The number of rotatable bonds is 11. The van der Waals surface area contributed by atoms with Crippen LogP contribution in [0, 0.1) is 0 Å². The molecule has 2 atom stereocenters. The fourth-order valence-electron chi connectivity index (χ4n) is 2.53. The Balaban J connectivity index is 2.30. The van der Waals surface area contributed by atoms with E-state index >= 15 is 0 Å². The molecule has 2 unspecified atom stereocenters. The molecule has 0 aromatic heterocycles. The highest BCUT2D eigenvalue weighted by molar-refractivity contribution is 5.82. The smallest absolute Gasteiger partial charge is 0.331 e. The maximum atomic E-state index is 11.8. The second kappa shape index (κ2) is 12.7. The Kier molecular flexibility index (Phi) is 10.6. The van der Waals surface area contributed by atoms with Crippen LogP contribution in [-0.2, 0) is 19.1 Å². The summed E-state index contributed by atoms with van der Waals surface area (Å²) in [6, 6.07) is 7.62. The molecule has 0 saturated carbocycles. The summed E-state index contributed by atoms with van der Waals surface area (Å²) in [5, 5.41) is 0. The third kappa shape index (κ3) is 10.2. The van der Waals surface area contributed by atoms with Gasteiger partial charge in [-0.05, 0) is 50.3 Å². The van der Waals surface area contributed by atoms with Crippen LogP contribution in [-0.4, -0.2) is 31.3 Å². The van der Waals surface area contributed by atoms with Gasteiger partial charge in [-0.25, -0.2) is 4.79 Å². The molecule has 0 saturated heterocycles. The van der Waals surface area contributed by atoms with E-state index in [0.717, 1.165) is 37.0 Å². The lowest BCUT2D eigenvalue weighted by Crippen LogP contribution is -2.17. The van der Waals surface area contributed by atoms with Gasteiger partial charge in [0.05, 0.1) is 13.2 Å². The third-order valence-electron chi connectivity index (χ3n) is 3.99. The topological polar surface area (TPSA) is 61.8 Å². The Morgan fingerprint density at radius 2 is 1.78 bits per heavy atom. The van der Waals surface area contributed by atoms with Crippen LogP contribution < -0.4 is 4.74 Å². The van der Waals surface area contributed by atoms with E-state index in [2.05, 4.69) is 0 Å². The molecule has 0 spiro atoms. The Hall–Kier alpha value is -2.56. The molecule has 0 aliphatic carbocycles. The van der Waals surface area contributed by atoms with E-state index in [4.69, 9.17) is 14.2 Å². The van der Waals surface area contributed by atoms with Gasteiger partial charge >= 0.3 is 11.9 Å². The van der Waals surface area contributed by atoms with Crippen molar-refractivity contribution in [1.82, 2.24) is 0 Å². The van der Waals surface area contributed by atoms with Gasteiger partial charge in [0, 0.05) is 13.0 Å². The van der Waals surface area contributed by atoms with E-state index in [9.17, 15) is 9.59 Å². The summed E-state index contributed by atoms with van der Waals surface area (Å²) in [6.07, 6.45) is 9.65. The second-order valence-electron chi connectivity index (χ2n) is 6.31. The molecule has 0 aliphatic rings. The fourth-order valence-corrected chi connectivity index (χ4v) is 2.53. The van der Waals surface area contributed by atoms with E-state index in [1.807, 2.05) is 44.2 Å². The summed E-state index contributed by atoms with van der Waals surface area (Å²) < 4.78 is 15.7. The van der Waals surface area contributed by atoms with Crippen molar-refractivity contribution in [3.05, 3.63) is 48.1 Å². The normalized spacial score (nSPS) is 13.5. The number of methoxy groups -OCH3 is 1. The summed E-state index contributed by atoms with van der Waals surface area (Å²) in [6.45, 7) is 5.27. The van der Waals surface area contributed by atoms with Crippen molar-refractivity contribution in [1.29, 1.82) is 0 Å². The standard InChI is InChI=1S/C22H30O5/c1-5-20(27-18(3)23)11-8-9-17(2)26-22(24)12-7-6-10-19-13-15-21(25-4)16-14-19/h6-7,10,12-17,20H,5,8-9,11H2,1-4H3/b10-6+,12-7+. The van der Waals surface area contributed by atoms with Crippen LogP contribution in [0.5, 0.6) is 5.75 Å². The van der Waals surface area contributed by atoms with Crippen LogP contribution in [0.15, 0.2) is 42.5 Å². The Morgan fingerprint density at radius 3 is 2.37 bits per heavy atom. The number of carbonyl (C=O) groups excluding carboxylic acids is 2. The van der Waals surface area contributed by atoms with Crippen LogP contribution in [0.25, 0.3) is 6.08 Å². The summed E-state index contributed by atoms with van der Waals surface area (Å²) in [7, 11) is 1.63. The molecule has 1 aromatic carbocycles. The molecule has 1 aromatic rings. The molecule has 0 amide bonds. The van der Waals surface area contributed by atoms with Gasteiger partial charge < -0.3 is 14.2 Å². The molecular weight excluding hydrogens is 344 g/mol. The maximum absolute atomic E-state index is 11.8. The van der Waals surface area contributed by atoms with Crippen LogP contribution in [0.2, 0.25) is 0 Å². The quantitative estimate of drug-likeness (QED) is 0.319. The highest BCUT2D eigenvalue weighted by atomic mass is 16.5. The van der Waals surface area contributed by atoms with Gasteiger partial charge in [-0.15, -0.1) is 0 Å². The van der Waals surface area contributed by atoms with Gasteiger partial charge in [0.2, 0.25) is 0 Å². The first-order chi connectivity index (χ1) is 12.9. The minimum absolute atomic E-state index is 0.0617. The van der Waals surface area contributed by atoms with Crippen molar-refractivity contribution in [2.75, 3.05) is 7.11 Å². The molecule has 5 heteroatoms. The minimum atomic E-state index is -0.367. The zero-order chi connectivity index (χ0) is 20.1. The van der Waals surface area contributed by atoms with Crippen molar-refractivity contribution in [2.45, 2.75) is 58.7 Å². The molecule has 148 valence electrons. The average Bonchev–Trinajstić information content (AvgIpc) is 2.64. The average molecular weight is 374 g/mol. The zero-order valence-corrected chi connectivity index (χ0v) is 16.6. The molecule has 5 nitrogen and oxygen atoms in total. The second-order valence-corrected chi connectivity index (χ2v) is 6.31. The number of carbonyl (C=O) groups is 2. The van der Waals surface area contributed by atoms with Gasteiger partial charge in [0.15, 0.2) is 0 Å². The van der Waals surface area contributed by atoms with E-state index in [1.54, 1.807) is 19.3 Å². The zero-order valence-electron chi connectivity index (χ0n) is 16.6. The molecule has 0 radical (unpaired) electrons. The Morgan fingerprint density at radius 1 is 1.07 bits per heavy atom. The Bertz CT molecular complexity index is 631. The molecule has 27 heavy (non-hydrogen) atoms. The largest absolute Gasteiger partial charge is 0.497 e. The maximum Gasteiger partial charge on any atom is 0.331 e. The first-order valence-electron chi connectivity index (χ1n) is 9.31. The van der Waals surface area contributed by atoms with Crippen LogP contribution in [0.4, 0.5) is 0 Å². The van der Waals surface area contributed by atoms with Gasteiger partial charge in [-0.2, -0.15) is 0 Å². The number of ether oxygens (including phenoxy) is 3. The summed E-state index contributed by atoms with van der Waals surface area (Å²) in [5.41, 5.74) is 1.01. The summed E-state index contributed by atoms with van der Waals surface area (Å²) in [5.74, 6) is 0.182. The number of hydrogen-bond acceptors (Lipinski definition) is 5. The third-order valence-corrected chi connectivity index (χ3v) is 3.99. The van der Waals surface area contributed by atoms with Crippen molar-refractivity contribution in [3.8, 4) is 5.75 Å². The highest BCUT2D eigenvalue weighted by Gasteiger charge is 2.12. The van der Waals surface area contributed by atoms with Gasteiger partial charge in [0.1, 0.15) is 11.9 Å². The minimum Gasteiger partial charge on any atom is -0.497 e. The van der Waals surface area contributed by atoms with E-state index < -0.39 is 0 Å². The SMILES string of the molecule is CCC(CCCC(C)OC(=O)/C=C/C=C/c1ccc(OC)cc1)OC(C)=O. The lowest BCUT2D eigenvalue weighted by atomic mass is 10.1. The molecule has 0 heterocycles.